The largest absolute Gasteiger partial charge is 0.349 e. The molecule has 0 aromatic heterocycles. The molecule has 7 heteroatoms. The zero-order valence-electron chi connectivity index (χ0n) is 19.9. The van der Waals surface area contributed by atoms with Crippen LogP contribution < -0.4 is 21.3 Å². The molecule has 2 atom stereocenters. The molecule has 1 aliphatic heterocycles. The third kappa shape index (κ3) is 5.08. The van der Waals surface area contributed by atoms with Crippen LogP contribution in [0, 0.1) is 11.8 Å². The van der Waals surface area contributed by atoms with Crippen LogP contribution in [0.1, 0.15) is 88.4 Å². The van der Waals surface area contributed by atoms with Crippen molar-refractivity contribution < 1.29 is 14.4 Å². The highest BCUT2D eigenvalue weighted by Crippen LogP contribution is 2.38. The predicted octanol–water partition coefficient (Wildman–Crippen LogP) is 3.97. The summed E-state index contributed by atoms with van der Waals surface area (Å²) >= 11 is 0. The summed E-state index contributed by atoms with van der Waals surface area (Å²) < 4.78 is 0. The van der Waals surface area contributed by atoms with Gasteiger partial charge in [-0.1, -0.05) is 39.5 Å². The first-order valence-electron chi connectivity index (χ1n) is 12.7. The van der Waals surface area contributed by atoms with Gasteiger partial charge in [-0.2, -0.15) is 0 Å². The van der Waals surface area contributed by atoms with Gasteiger partial charge in [0.25, 0.3) is 5.91 Å². The first kappa shape index (κ1) is 23.7. The van der Waals surface area contributed by atoms with Crippen molar-refractivity contribution in [3.63, 3.8) is 0 Å². The highest BCUT2D eigenvalue weighted by Gasteiger charge is 2.42. The van der Waals surface area contributed by atoms with E-state index in [4.69, 9.17) is 5.73 Å². The molecular formula is C26H38N4O3. The van der Waals surface area contributed by atoms with Gasteiger partial charge in [-0.25, -0.2) is 0 Å². The Morgan fingerprint density at radius 2 is 1.82 bits per heavy atom. The van der Waals surface area contributed by atoms with Gasteiger partial charge in [0.05, 0.1) is 11.4 Å². The van der Waals surface area contributed by atoms with Crippen molar-refractivity contribution in [1.29, 1.82) is 0 Å². The van der Waals surface area contributed by atoms with Crippen molar-refractivity contribution in [3.05, 3.63) is 23.8 Å². The summed E-state index contributed by atoms with van der Waals surface area (Å²) in [7, 11) is 0. The number of anilines is 2. The Morgan fingerprint density at radius 1 is 1.12 bits per heavy atom. The third-order valence-electron chi connectivity index (χ3n) is 7.80. The standard InChI is InChI=1S/C26H38N4O3/c1-3-16(2)23-25(32)29-21-15-18(24(31)28-20-12-10-19(27)11-13-20)9-14-22(21)30(23)26(33)17-7-5-4-6-8-17/h9,14-17,19-20,23H,3-8,10-13,27H2,1-2H3,(H,28,31)(H,29,32). The molecule has 2 saturated carbocycles. The molecule has 0 saturated heterocycles. The summed E-state index contributed by atoms with van der Waals surface area (Å²) in [5.74, 6) is -0.274. The molecule has 3 amide bonds. The SMILES string of the molecule is CCC(C)C1C(=O)Nc2cc(C(=O)NC3CCC(N)CC3)ccc2N1C(=O)C1CCCCC1. The quantitative estimate of drug-likeness (QED) is 0.626. The normalized spacial score (nSPS) is 26.8. The van der Waals surface area contributed by atoms with Crippen LogP contribution in [0.25, 0.3) is 0 Å². The summed E-state index contributed by atoms with van der Waals surface area (Å²) in [6.07, 6.45) is 9.44. The number of amides is 3. The zero-order chi connectivity index (χ0) is 23.5. The Kier molecular flexibility index (Phi) is 7.37. The molecule has 4 N–H and O–H groups in total. The molecule has 180 valence electrons. The van der Waals surface area contributed by atoms with Crippen LogP contribution in [0.2, 0.25) is 0 Å². The molecule has 4 rings (SSSR count). The summed E-state index contributed by atoms with van der Waals surface area (Å²) in [6.45, 7) is 4.07. The molecule has 1 aromatic carbocycles. The van der Waals surface area contributed by atoms with Crippen LogP contribution in [-0.2, 0) is 9.59 Å². The zero-order valence-corrected chi connectivity index (χ0v) is 19.9. The number of hydrogen-bond acceptors (Lipinski definition) is 4. The maximum absolute atomic E-state index is 13.7. The summed E-state index contributed by atoms with van der Waals surface area (Å²) in [4.78, 5) is 41.5. The smallest absolute Gasteiger partial charge is 0.251 e. The number of nitrogens with two attached hydrogens (primary N) is 1. The van der Waals surface area contributed by atoms with E-state index in [0.29, 0.717) is 16.9 Å². The number of fused-ring (bicyclic) bond motifs is 1. The van der Waals surface area contributed by atoms with E-state index in [1.807, 2.05) is 19.9 Å². The molecule has 33 heavy (non-hydrogen) atoms. The lowest BCUT2D eigenvalue weighted by Crippen LogP contribution is -2.55. The number of benzene rings is 1. The molecule has 0 radical (unpaired) electrons. The second-order valence-electron chi connectivity index (χ2n) is 10.2. The number of carbonyl (C=O) groups is 3. The van der Waals surface area contributed by atoms with Gasteiger partial charge in [0, 0.05) is 23.6 Å². The van der Waals surface area contributed by atoms with E-state index in [9.17, 15) is 14.4 Å². The molecular weight excluding hydrogens is 416 g/mol. The van der Waals surface area contributed by atoms with Crippen LogP contribution in [-0.4, -0.2) is 35.8 Å². The average molecular weight is 455 g/mol. The lowest BCUT2D eigenvalue weighted by molar-refractivity contribution is -0.128. The molecule has 7 nitrogen and oxygen atoms in total. The minimum Gasteiger partial charge on any atom is -0.349 e. The van der Waals surface area contributed by atoms with Crippen molar-refractivity contribution in [3.8, 4) is 0 Å². The van der Waals surface area contributed by atoms with Crippen LogP contribution in [0.15, 0.2) is 18.2 Å². The van der Waals surface area contributed by atoms with Crippen LogP contribution >= 0.6 is 0 Å². The minimum absolute atomic E-state index is 0.0336. The van der Waals surface area contributed by atoms with Gasteiger partial charge in [-0.15, -0.1) is 0 Å². The van der Waals surface area contributed by atoms with E-state index in [1.165, 1.54) is 6.42 Å². The van der Waals surface area contributed by atoms with Crippen LogP contribution in [0.5, 0.6) is 0 Å². The lowest BCUT2D eigenvalue weighted by atomic mass is 9.86. The van der Waals surface area contributed by atoms with E-state index >= 15 is 0 Å². The van der Waals surface area contributed by atoms with Crippen LogP contribution in [0.3, 0.4) is 0 Å². The van der Waals surface area contributed by atoms with Gasteiger partial charge in [-0.05, 0) is 62.6 Å². The Bertz CT molecular complexity index is 888. The fourth-order valence-corrected chi connectivity index (χ4v) is 5.53. The molecule has 1 aromatic rings. The molecule has 2 unspecified atom stereocenters. The third-order valence-corrected chi connectivity index (χ3v) is 7.80. The number of nitrogens with zero attached hydrogens (tertiary/aromatic N) is 1. The van der Waals surface area contributed by atoms with Gasteiger partial charge in [-0.3, -0.25) is 19.3 Å². The van der Waals surface area contributed by atoms with E-state index in [2.05, 4.69) is 10.6 Å². The Hall–Kier alpha value is -2.41. The van der Waals surface area contributed by atoms with Gasteiger partial charge in [0.2, 0.25) is 11.8 Å². The first-order valence-corrected chi connectivity index (χ1v) is 12.7. The number of rotatable bonds is 5. The Balaban J connectivity index is 1.59. The van der Waals surface area contributed by atoms with Gasteiger partial charge in [0.1, 0.15) is 6.04 Å². The second-order valence-corrected chi connectivity index (χ2v) is 10.2. The predicted molar refractivity (Wildman–Crippen MR) is 130 cm³/mol. The number of carbonyl (C=O) groups excluding carboxylic acids is 3. The van der Waals surface area contributed by atoms with Crippen molar-refractivity contribution in [2.45, 2.75) is 96.2 Å². The van der Waals surface area contributed by atoms with E-state index in [1.54, 1.807) is 17.0 Å². The topological polar surface area (TPSA) is 105 Å². The average Bonchev–Trinajstić information content (AvgIpc) is 2.83. The van der Waals surface area contributed by atoms with E-state index in [-0.39, 0.29) is 41.6 Å². The van der Waals surface area contributed by atoms with Crippen molar-refractivity contribution in [1.82, 2.24) is 5.32 Å². The maximum Gasteiger partial charge on any atom is 0.251 e. The highest BCUT2D eigenvalue weighted by molar-refractivity contribution is 6.13. The fraction of sp³-hybridized carbons (Fsp3) is 0.654. The lowest BCUT2D eigenvalue weighted by Gasteiger charge is -2.41. The van der Waals surface area contributed by atoms with Gasteiger partial charge >= 0.3 is 0 Å². The summed E-state index contributed by atoms with van der Waals surface area (Å²) in [5.41, 5.74) is 7.72. The van der Waals surface area contributed by atoms with E-state index in [0.717, 1.165) is 57.8 Å². The van der Waals surface area contributed by atoms with Gasteiger partial charge in [0.15, 0.2) is 0 Å². The van der Waals surface area contributed by atoms with Crippen LogP contribution in [0.4, 0.5) is 11.4 Å². The monoisotopic (exact) mass is 454 g/mol. The molecule has 1 heterocycles. The second kappa shape index (κ2) is 10.2. The highest BCUT2D eigenvalue weighted by atomic mass is 16.2. The maximum atomic E-state index is 13.7. The molecule has 0 bridgehead atoms. The van der Waals surface area contributed by atoms with Crippen molar-refractivity contribution in [2.75, 3.05) is 10.2 Å². The van der Waals surface area contributed by atoms with Gasteiger partial charge < -0.3 is 16.4 Å². The first-order chi connectivity index (χ1) is 15.9. The Morgan fingerprint density at radius 3 is 2.48 bits per heavy atom. The number of nitrogens with one attached hydrogen (secondary N) is 2. The molecule has 2 aliphatic carbocycles. The van der Waals surface area contributed by atoms with E-state index < -0.39 is 6.04 Å². The number of hydrogen-bond donors (Lipinski definition) is 3. The molecule has 0 spiro atoms. The summed E-state index contributed by atoms with van der Waals surface area (Å²) in [6, 6.07) is 5.14. The Labute approximate surface area is 196 Å². The fourth-order valence-electron chi connectivity index (χ4n) is 5.53. The molecule has 3 aliphatic rings. The summed E-state index contributed by atoms with van der Waals surface area (Å²) in [5, 5.41) is 6.10. The van der Waals surface area contributed by atoms with Crippen molar-refractivity contribution >= 4 is 29.1 Å². The van der Waals surface area contributed by atoms with Crippen molar-refractivity contribution in [2.24, 2.45) is 17.6 Å². The molecule has 2 fully saturated rings. The minimum atomic E-state index is -0.525.